The lowest BCUT2D eigenvalue weighted by atomic mass is 10.8. The fourth-order valence-electron chi connectivity index (χ4n) is 0.757. The molecule has 0 aromatic heterocycles. The van der Waals surface area contributed by atoms with Crippen molar-refractivity contribution < 1.29 is 19.1 Å². The molecule has 0 radical (unpaired) electrons. The summed E-state index contributed by atoms with van der Waals surface area (Å²) in [5, 5.41) is 5.04. The van der Waals surface area contributed by atoms with E-state index in [1.54, 1.807) is 0 Å². The Hall–Kier alpha value is -2.26. The van der Waals surface area contributed by atoms with E-state index < -0.39 is 18.9 Å². The Kier molecular flexibility index (Phi) is 6.90. The summed E-state index contributed by atoms with van der Waals surface area (Å²) >= 11 is 0. The molecule has 0 N–H and O–H groups in total. The van der Waals surface area contributed by atoms with Gasteiger partial charge in [0.2, 0.25) is 0 Å². The predicted molar refractivity (Wildman–Crippen MR) is 54.2 cm³/mol. The highest BCUT2D eigenvalue weighted by Crippen LogP contribution is 2.02. The van der Waals surface area contributed by atoms with Crippen molar-refractivity contribution in [1.29, 1.82) is 0 Å². The molecule has 0 rings (SSSR count). The van der Waals surface area contributed by atoms with Crippen LogP contribution in [0.2, 0.25) is 0 Å². The van der Waals surface area contributed by atoms with Crippen molar-refractivity contribution in [3.05, 3.63) is 9.81 Å². The standard InChI is InChI=1S/C7H12N4O6/c1-3-16-6(12)10(8-14)5-11(9-15)7(13)17-4-2/h3-5H2,1-2H3. The van der Waals surface area contributed by atoms with E-state index in [9.17, 15) is 19.4 Å². The van der Waals surface area contributed by atoms with E-state index in [1.807, 2.05) is 0 Å². The van der Waals surface area contributed by atoms with E-state index in [0.29, 0.717) is 0 Å². The van der Waals surface area contributed by atoms with Crippen LogP contribution in [0.25, 0.3) is 0 Å². The number of nitroso groups, excluding NO2 is 2. The zero-order chi connectivity index (χ0) is 13.3. The molecule has 0 bridgehead atoms. The minimum Gasteiger partial charge on any atom is -0.448 e. The maximum absolute atomic E-state index is 11.1. The van der Waals surface area contributed by atoms with E-state index in [2.05, 4.69) is 20.0 Å². The quantitative estimate of drug-likeness (QED) is 0.396. The Balaban J connectivity index is 4.51. The molecule has 0 aliphatic rings. The molecule has 17 heavy (non-hydrogen) atoms. The number of carbonyl (C=O) groups excluding carboxylic acids is 2. The molecule has 0 spiro atoms. The second-order valence-electron chi connectivity index (χ2n) is 2.50. The molecule has 2 amide bonds. The molecule has 96 valence electrons. The molecule has 0 aromatic rings. The smallest absolute Gasteiger partial charge is 0.434 e. The number of amides is 2. The SMILES string of the molecule is CCOC(=O)N(CN(N=O)C(=O)OCC)N=O. The maximum Gasteiger partial charge on any atom is 0.434 e. The van der Waals surface area contributed by atoms with Crippen LogP contribution in [0.1, 0.15) is 13.8 Å². The number of carbonyl (C=O) groups is 2. The van der Waals surface area contributed by atoms with Crippen LogP contribution in [0.4, 0.5) is 9.59 Å². The van der Waals surface area contributed by atoms with E-state index in [4.69, 9.17) is 0 Å². The van der Waals surface area contributed by atoms with Crippen LogP contribution in [0, 0.1) is 9.81 Å². The van der Waals surface area contributed by atoms with Crippen molar-refractivity contribution in [2.45, 2.75) is 13.8 Å². The van der Waals surface area contributed by atoms with Crippen LogP contribution < -0.4 is 0 Å². The van der Waals surface area contributed by atoms with Gasteiger partial charge in [0.25, 0.3) is 0 Å². The summed E-state index contributed by atoms with van der Waals surface area (Å²) in [7, 11) is 0. The van der Waals surface area contributed by atoms with Gasteiger partial charge in [-0.15, -0.1) is 19.8 Å². The van der Waals surface area contributed by atoms with E-state index in [-0.39, 0.29) is 23.2 Å². The summed E-state index contributed by atoms with van der Waals surface area (Å²) in [5.74, 6) is 0. The molecule has 0 aliphatic carbocycles. The average Bonchev–Trinajstić information content (AvgIpc) is 2.31. The molecule has 0 atom stereocenters. The number of hydrogen-bond donors (Lipinski definition) is 0. The minimum absolute atomic E-state index is 0.0127. The van der Waals surface area contributed by atoms with Gasteiger partial charge in [0, 0.05) is 0 Å². The van der Waals surface area contributed by atoms with E-state index >= 15 is 0 Å². The van der Waals surface area contributed by atoms with Crippen molar-refractivity contribution in [3.8, 4) is 0 Å². The Morgan fingerprint density at radius 3 is 1.53 bits per heavy atom. The molecule has 10 heteroatoms. The third kappa shape index (κ3) is 4.86. The topological polar surface area (TPSA) is 118 Å². The maximum atomic E-state index is 11.1. The number of ether oxygens (including phenoxy) is 2. The molecule has 0 aromatic carbocycles. The van der Waals surface area contributed by atoms with Crippen LogP contribution in [0.5, 0.6) is 0 Å². The van der Waals surface area contributed by atoms with E-state index in [0.717, 1.165) is 0 Å². The second-order valence-corrected chi connectivity index (χ2v) is 2.50. The highest BCUT2D eigenvalue weighted by molar-refractivity contribution is 5.69. The van der Waals surface area contributed by atoms with Gasteiger partial charge in [-0.3, -0.25) is 0 Å². The molecule has 10 nitrogen and oxygen atoms in total. The Bertz CT molecular complexity index is 268. The van der Waals surface area contributed by atoms with Crippen molar-refractivity contribution in [1.82, 2.24) is 10.0 Å². The third-order valence-electron chi connectivity index (χ3n) is 1.42. The van der Waals surface area contributed by atoms with Crippen LogP contribution >= 0.6 is 0 Å². The van der Waals surface area contributed by atoms with Crippen molar-refractivity contribution in [2.24, 2.45) is 10.6 Å². The fraction of sp³-hybridized carbons (Fsp3) is 0.714. The molecule has 0 unspecified atom stereocenters. The molecule has 0 heterocycles. The lowest BCUT2D eigenvalue weighted by Gasteiger charge is -2.17. The van der Waals surface area contributed by atoms with Crippen LogP contribution in [-0.2, 0) is 9.47 Å². The third-order valence-corrected chi connectivity index (χ3v) is 1.42. The fourth-order valence-corrected chi connectivity index (χ4v) is 0.757. The van der Waals surface area contributed by atoms with Crippen LogP contribution in [-0.4, -0.2) is 42.1 Å². The van der Waals surface area contributed by atoms with Crippen molar-refractivity contribution in [3.63, 3.8) is 0 Å². The summed E-state index contributed by atoms with van der Waals surface area (Å²) in [5.41, 5.74) is 0. The molecule has 0 aliphatic heterocycles. The van der Waals surface area contributed by atoms with Crippen LogP contribution in [0.3, 0.4) is 0 Å². The summed E-state index contributed by atoms with van der Waals surface area (Å²) < 4.78 is 8.90. The lowest BCUT2D eigenvalue weighted by molar-refractivity contribution is 0.0629. The van der Waals surface area contributed by atoms with Gasteiger partial charge >= 0.3 is 12.2 Å². The lowest BCUT2D eigenvalue weighted by Crippen LogP contribution is -2.39. The molecule has 0 saturated heterocycles. The Morgan fingerprint density at radius 2 is 1.29 bits per heavy atom. The zero-order valence-electron chi connectivity index (χ0n) is 9.36. The van der Waals surface area contributed by atoms with Gasteiger partial charge in [-0.25, -0.2) is 9.59 Å². The summed E-state index contributed by atoms with van der Waals surface area (Å²) in [4.78, 5) is 42.8. The monoisotopic (exact) mass is 248 g/mol. The Morgan fingerprint density at radius 1 is 0.941 bits per heavy atom. The number of nitrogens with zero attached hydrogens (tertiary/aromatic N) is 4. The van der Waals surface area contributed by atoms with E-state index in [1.165, 1.54) is 13.8 Å². The first-order valence-corrected chi connectivity index (χ1v) is 4.65. The highest BCUT2D eigenvalue weighted by Gasteiger charge is 2.24. The van der Waals surface area contributed by atoms with Gasteiger partial charge in [-0.05, 0) is 13.8 Å². The first-order chi connectivity index (χ1) is 8.10. The van der Waals surface area contributed by atoms with Gasteiger partial charge in [0.1, 0.15) is 0 Å². The predicted octanol–water partition coefficient (Wildman–Crippen LogP) is 1.22. The normalized spacial score (nSPS) is 9.06. The summed E-state index contributed by atoms with van der Waals surface area (Å²) in [6.45, 7) is 2.28. The van der Waals surface area contributed by atoms with Gasteiger partial charge in [-0.1, -0.05) is 0 Å². The van der Waals surface area contributed by atoms with Crippen molar-refractivity contribution in [2.75, 3.05) is 19.9 Å². The number of rotatable bonds is 6. The average molecular weight is 248 g/mol. The van der Waals surface area contributed by atoms with Gasteiger partial charge in [0.05, 0.1) is 23.8 Å². The summed E-state index contributed by atoms with van der Waals surface area (Å²) in [6, 6.07) is 0. The number of hydrogen-bond acceptors (Lipinski definition) is 8. The summed E-state index contributed by atoms with van der Waals surface area (Å²) in [6.07, 6.45) is -2.19. The van der Waals surface area contributed by atoms with Crippen molar-refractivity contribution >= 4 is 12.2 Å². The van der Waals surface area contributed by atoms with Gasteiger partial charge < -0.3 is 9.47 Å². The minimum atomic E-state index is -1.10. The first-order valence-electron chi connectivity index (χ1n) is 4.65. The van der Waals surface area contributed by atoms with Gasteiger partial charge in [0.15, 0.2) is 6.67 Å². The van der Waals surface area contributed by atoms with Gasteiger partial charge in [-0.2, -0.15) is 0 Å². The molecule has 0 fully saturated rings. The largest absolute Gasteiger partial charge is 0.448 e. The molecular weight excluding hydrogens is 236 g/mol. The first kappa shape index (κ1) is 14.7. The zero-order valence-corrected chi connectivity index (χ0v) is 9.36. The molecular formula is C7H12N4O6. The van der Waals surface area contributed by atoms with Crippen LogP contribution in [0.15, 0.2) is 10.6 Å². The molecule has 0 saturated carbocycles. The highest BCUT2D eigenvalue weighted by atomic mass is 16.6. The second kappa shape index (κ2) is 7.96. The Labute approximate surface area is 96.3 Å².